The molecule has 28 heavy (non-hydrogen) atoms. The van der Waals surface area contributed by atoms with Crippen molar-refractivity contribution in [3.8, 4) is 16.9 Å². The van der Waals surface area contributed by atoms with E-state index in [1.165, 1.54) is 22.3 Å². The number of carbonyl (C=O) groups is 1. The van der Waals surface area contributed by atoms with Gasteiger partial charge in [0.2, 0.25) is 0 Å². The molecule has 0 spiro atoms. The van der Waals surface area contributed by atoms with Crippen LogP contribution in [0.4, 0.5) is 0 Å². The van der Waals surface area contributed by atoms with Crippen LogP contribution in [0.25, 0.3) is 11.1 Å². The van der Waals surface area contributed by atoms with E-state index >= 15 is 0 Å². The third-order valence-corrected chi connectivity index (χ3v) is 4.90. The molecule has 3 rings (SSSR count). The molecule has 0 aliphatic heterocycles. The minimum atomic E-state index is -0.0826. The van der Waals surface area contributed by atoms with Crippen LogP contribution in [0.2, 0.25) is 0 Å². The zero-order valence-electron chi connectivity index (χ0n) is 16.7. The summed E-state index contributed by atoms with van der Waals surface area (Å²) in [4.78, 5) is 12.3. The number of nitrogens with one attached hydrogen (secondary N) is 1. The van der Waals surface area contributed by atoms with Crippen molar-refractivity contribution < 1.29 is 9.53 Å². The van der Waals surface area contributed by atoms with Crippen LogP contribution < -0.4 is 10.1 Å². The second-order valence-corrected chi connectivity index (χ2v) is 7.21. The number of methoxy groups -OCH3 is 1. The minimum absolute atomic E-state index is 0.0826. The summed E-state index contributed by atoms with van der Waals surface area (Å²) in [7, 11) is 1.60. The van der Waals surface area contributed by atoms with Gasteiger partial charge in [-0.1, -0.05) is 68.4 Å². The van der Waals surface area contributed by atoms with Crippen LogP contribution in [0, 0.1) is 0 Å². The van der Waals surface area contributed by atoms with Crippen molar-refractivity contribution >= 4 is 5.91 Å². The Morgan fingerprint density at radius 2 is 1.57 bits per heavy atom. The lowest BCUT2D eigenvalue weighted by atomic mass is 9.98. The predicted molar refractivity (Wildman–Crippen MR) is 115 cm³/mol. The molecule has 0 aromatic heterocycles. The van der Waals surface area contributed by atoms with Gasteiger partial charge < -0.3 is 10.1 Å². The highest BCUT2D eigenvalue weighted by atomic mass is 16.5. The van der Waals surface area contributed by atoms with Gasteiger partial charge in [-0.05, 0) is 52.8 Å². The summed E-state index contributed by atoms with van der Waals surface area (Å²) in [6, 6.07) is 24.5. The summed E-state index contributed by atoms with van der Waals surface area (Å²) in [5.74, 6) is 1.15. The standard InChI is InChI=1S/C25H27NO2/c1-18(2)20-11-13-22(14-12-20)21-9-7-19(8-10-21)15-16-26-25(27)23-5-4-6-24(17-23)28-3/h4-14,17-18H,15-16H2,1-3H3,(H,26,27). The number of hydrogen-bond donors (Lipinski definition) is 1. The van der Waals surface area contributed by atoms with Gasteiger partial charge in [0.15, 0.2) is 0 Å². The third kappa shape index (κ3) is 5.01. The van der Waals surface area contributed by atoms with Crippen molar-refractivity contribution in [2.75, 3.05) is 13.7 Å². The molecule has 1 N–H and O–H groups in total. The topological polar surface area (TPSA) is 38.3 Å². The number of ether oxygens (including phenoxy) is 1. The largest absolute Gasteiger partial charge is 0.497 e. The Morgan fingerprint density at radius 3 is 2.18 bits per heavy atom. The monoisotopic (exact) mass is 373 g/mol. The van der Waals surface area contributed by atoms with Gasteiger partial charge in [0.1, 0.15) is 5.75 Å². The Hall–Kier alpha value is -3.07. The summed E-state index contributed by atoms with van der Waals surface area (Å²) < 4.78 is 5.16. The van der Waals surface area contributed by atoms with Gasteiger partial charge in [-0.3, -0.25) is 4.79 Å². The normalized spacial score (nSPS) is 10.7. The van der Waals surface area contributed by atoms with E-state index in [4.69, 9.17) is 4.74 Å². The molecular weight excluding hydrogens is 346 g/mol. The Balaban J connectivity index is 1.55. The van der Waals surface area contributed by atoms with Crippen LogP contribution in [0.1, 0.15) is 41.3 Å². The van der Waals surface area contributed by atoms with Crippen molar-refractivity contribution in [1.29, 1.82) is 0 Å². The van der Waals surface area contributed by atoms with Crippen molar-refractivity contribution in [2.24, 2.45) is 0 Å². The van der Waals surface area contributed by atoms with Gasteiger partial charge in [0, 0.05) is 12.1 Å². The molecule has 0 saturated carbocycles. The molecule has 0 saturated heterocycles. The lowest BCUT2D eigenvalue weighted by Gasteiger charge is -2.09. The number of rotatable bonds is 7. The molecule has 3 aromatic rings. The smallest absolute Gasteiger partial charge is 0.251 e. The molecule has 0 atom stereocenters. The summed E-state index contributed by atoms with van der Waals surface area (Å²) in [6.45, 7) is 5.01. The molecule has 0 aliphatic rings. The van der Waals surface area contributed by atoms with Crippen LogP contribution in [-0.2, 0) is 6.42 Å². The van der Waals surface area contributed by atoms with Crippen molar-refractivity contribution in [2.45, 2.75) is 26.2 Å². The molecule has 0 radical (unpaired) electrons. The molecule has 144 valence electrons. The Labute approximate surface area is 167 Å². The molecule has 0 aliphatic carbocycles. The van der Waals surface area contributed by atoms with Crippen molar-refractivity contribution in [3.63, 3.8) is 0 Å². The number of amides is 1. The summed E-state index contributed by atoms with van der Waals surface area (Å²) in [5, 5.41) is 2.97. The SMILES string of the molecule is COc1cccc(C(=O)NCCc2ccc(-c3ccc(C(C)C)cc3)cc2)c1. The van der Waals surface area contributed by atoms with Gasteiger partial charge in [-0.2, -0.15) is 0 Å². The zero-order valence-corrected chi connectivity index (χ0v) is 16.7. The maximum absolute atomic E-state index is 12.3. The van der Waals surface area contributed by atoms with E-state index in [1.807, 2.05) is 12.1 Å². The van der Waals surface area contributed by atoms with Gasteiger partial charge in [0.05, 0.1) is 7.11 Å². The first-order valence-electron chi connectivity index (χ1n) is 9.68. The highest BCUT2D eigenvalue weighted by Gasteiger charge is 2.06. The quantitative estimate of drug-likeness (QED) is 0.597. The van der Waals surface area contributed by atoms with Crippen molar-refractivity contribution in [1.82, 2.24) is 5.32 Å². The maximum atomic E-state index is 12.3. The second-order valence-electron chi connectivity index (χ2n) is 7.21. The Bertz CT molecular complexity index is 912. The van der Waals surface area contributed by atoms with Crippen LogP contribution in [-0.4, -0.2) is 19.6 Å². The van der Waals surface area contributed by atoms with Gasteiger partial charge >= 0.3 is 0 Å². The van der Waals surface area contributed by atoms with E-state index in [2.05, 4.69) is 67.7 Å². The van der Waals surface area contributed by atoms with Crippen LogP contribution >= 0.6 is 0 Å². The molecule has 3 aromatic carbocycles. The average molecular weight is 373 g/mol. The fraction of sp³-hybridized carbons (Fsp3) is 0.240. The van der Waals surface area contributed by atoms with Gasteiger partial charge in [0.25, 0.3) is 5.91 Å². The average Bonchev–Trinajstić information content (AvgIpc) is 2.74. The lowest BCUT2D eigenvalue weighted by molar-refractivity contribution is 0.0954. The van der Waals surface area contributed by atoms with E-state index in [0.717, 1.165) is 6.42 Å². The van der Waals surface area contributed by atoms with Crippen LogP contribution in [0.15, 0.2) is 72.8 Å². The zero-order chi connectivity index (χ0) is 19.9. The first-order chi connectivity index (χ1) is 13.6. The molecule has 3 heteroatoms. The number of hydrogen-bond acceptors (Lipinski definition) is 2. The van der Waals surface area contributed by atoms with E-state index in [-0.39, 0.29) is 5.91 Å². The predicted octanol–water partition coefficient (Wildman–Crippen LogP) is 5.46. The van der Waals surface area contributed by atoms with Crippen LogP contribution in [0.3, 0.4) is 0 Å². The number of benzene rings is 3. The maximum Gasteiger partial charge on any atom is 0.251 e. The van der Waals surface area contributed by atoms with Crippen molar-refractivity contribution in [3.05, 3.63) is 89.5 Å². The van der Waals surface area contributed by atoms with Crippen LogP contribution in [0.5, 0.6) is 5.75 Å². The van der Waals surface area contributed by atoms with E-state index < -0.39 is 0 Å². The molecule has 1 amide bonds. The fourth-order valence-electron chi connectivity index (χ4n) is 3.11. The van der Waals surface area contributed by atoms with Gasteiger partial charge in [-0.15, -0.1) is 0 Å². The Morgan fingerprint density at radius 1 is 0.929 bits per heavy atom. The third-order valence-electron chi connectivity index (χ3n) is 4.90. The molecular formula is C25H27NO2. The second kappa shape index (κ2) is 9.23. The molecule has 0 heterocycles. The highest BCUT2D eigenvalue weighted by molar-refractivity contribution is 5.94. The fourth-order valence-corrected chi connectivity index (χ4v) is 3.11. The summed E-state index contributed by atoms with van der Waals surface area (Å²) in [5.41, 5.74) is 5.60. The van der Waals surface area contributed by atoms with E-state index in [9.17, 15) is 4.79 Å². The first-order valence-corrected chi connectivity index (χ1v) is 9.68. The first kappa shape index (κ1) is 19.7. The summed E-state index contributed by atoms with van der Waals surface area (Å²) in [6.07, 6.45) is 0.794. The van der Waals surface area contributed by atoms with E-state index in [0.29, 0.717) is 23.8 Å². The molecule has 3 nitrogen and oxygen atoms in total. The molecule has 0 unspecified atom stereocenters. The van der Waals surface area contributed by atoms with E-state index in [1.54, 1.807) is 19.2 Å². The Kier molecular flexibility index (Phi) is 6.49. The number of carbonyl (C=O) groups excluding carboxylic acids is 1. The highest BCUT2D eigenvalue weighted by Crippen LogP contribution is 2.23. The molecule has 0 fully saturated rings. The molecule has 0 bridgehead atoms. The lowest BCUT2D eigenvalue weighted by Crippen LogP contribution is -2.25. The minimum Gasteiger partial charge on any atom is -0.497 e. The van der Waals surface area contributed by atoms with Gasteiger partial charge in [-0.25, -0.2) is 0 Å². The summed E-state index contributed by atoms with van der Waals surface area (Å²) >= 11 is 0.